The molecule has 0 aliphatic rings. The molecule has 6 heteroatoms. The summed E-state index contributed by atoms with van der Waals surface area (Å²) < 4.78 is 17.0. The molecule has 0 N–H and O–H groups in total. The molecule has 1 atom stereocenters. The maximum atomic E-state index is 12.9. The van der Waals surface area contributed by atoms with E-state index >= 15 is 0 Å². The van der Waals surface area contributed by atoms with E-state index < -0.39 is 6.10 Å². The van der Waals surface area contributed by atoms with Crippen molar-refractivity contribution in [1.82, 2.24) is 0 Å². The molecule has 0 aliphatic carbocycles. The van der Waals surface area contributed by atoms with Gasteiger partial charge in [-0.15, -0.1) is 0 Å². The molecule has 0 aliphatic heterocycles. The largest absolute Gasteiger partial charge is 0.462 e. The van der Waals surface area contributed by atoms with E-state index in [0.717, 1.165) is 103 Å². The third kappa shape index (κ3) is 65.3. The number of unbranched alkanes of at least 4 members (excludes halogenated alkanes) is 37. The maximum Gasteiger partial charge on any atom is 0.306 e. The molecule has 0 amide bonds. The van der Waals surface area contributed by atoms with E-state index in [1.165, 1.54) is 199 Å². The second-order valence-corrected chi connectivity index (χ2v) is 22.7. The Labute approximate surface area is 490 Å². The Bertz CT molecular complexity index is 1500. The van der Waals surface area contributed by atoms with Crippen LogP contribution in [-0.2, 0) is 28.6 Å². The highest BCUT2D eigenvalue weighted by Crippen LogP contribution is 2.17. The fraction of sp³-hybridized carbons (Fsp3) is 0.767. The molecule has 0 heterocycles. The van der Waals surface area contributed by atoms with Crippen LogP contribution in [0.3, 0.4) is 0 Å². The van der Waals surface area contributed by atoms with Crippen molar-refractivity contribution >= 4 is 17.9 Å². The molecular formula is C73H128O6. The van der Waals surface area contributed by atoms with Crippen molar-refractivity contribution in [3.8, 4) is 0 Å². The van der Waals surface area contributed by atoms with Crippen molar-refractivity contribution in [3.63, 3.8) is 0 Å². The monoisotopic (exact) mass is 1100 g/mol. The molecule has 0 radical (unpaired) electrons. The Morgan fingerprint density at radius 3 is 0.785 bits per heavy atom. The van der Waals surface area contributed by atoms with Crippen LogP contribution in [0.2, 0.25) is 0 Å². The van der Waals surface area contributed by atoms with Gasteiger partial charge in [0.2, 0.25) is 0 Å². The van der Waals surface area contributed by atoms with Gasteiger partial charge >= 0.3 is 17.9 Å². The first-order valence-corrected chi connectivity index (χ1v) is 34.1. The van der Waals surface area contributed by atoms with Gasteiger partial charge in [-0.3, -0.25) is 14.4 Å². The lowest BCUT2D eigenvalue weighted by molar-refractivity contribution is -0.167. The van der Waals surface area contributed by atoms with Crippen molar-refractivity contribution in [1.29, 1.82) is 0 Å². The summed E-state index contributed by atoms with van der Waals surface area (Å²) in [7, 11) is 0. The first kappa shape index (κ1) is 75.6. The number of hydrogen-bond acceptors (Lipinski definition) is 6. The molecule has 0 saturated heterocycles. The van der Waals surface area contributed by atoms with E-state index in [1.807, 2.05) is 0 Å². The van der Waals surface area contributed by atoms with Gasteiger partial charge in [0.05, 0.1) is 0 Å². The van der Waals surface area contributed by atoms with Gasteiger partial charge < -0.3 is 14.2 Å². The number of carbonyl (C=O) groups excluding carboxylic acids is 3. The summed E-state index contributed by atoms with van der Waals surface area (Å²) in [5.74, 6) is -0.872. The van der Waals surface area contributed by atoms with E-state index in [1.54, 1.807) is 0 Å². The van der Waals surface area contributed by atoms with Crippen molar-refractivity contribution in [3.05, 3.63) is 85.1 Å². The Hall–Kier alpha value is -3.41. The van der Waals surface area contributed by atoms with Gasteiger partial charge in [0, 0.05) is 19.3 Å². The van der Waals surface area contributed by atoms with Crippen molar-refractivity contribution in [2.75, 3.05) is 13.2 Å². The summed E-state index contributed by atoms with van der Waals surface area (Å²) in [6.45, 7) is 6.56. The Morgan fingerprint density at radius 2 is 0.494 bits per heavy atom. The van der Waals surface area contributed by atoms with Crippen LogP contribution in [0.25, 0.3) is 0 Å². The van der Waals surface area contributed by atoms with E-state index in [9.17, 15) is 14.4 Å². The van der Waals surface area contributed by atoms with Crippen LogP contribution in [0.1, 0.15) is 342 Å². The predicted molar refractivity (Wildman–Crippen MR) is 344 cm³/mol. The molecule has 0 aromatic carbocycles. The van der Waals surface area contributed by atoms with Crippen LogP contribution >= 0.6 is 0 Å². The minimum atomic E-state index is -0.782. The van der Waals surface area contributed by atoms with Gasteiger partial charge in [-0.1, -0.05) is 311 Å². The van der Waals surface area contributed by atoms with E-state index in [-0.39, 0.29) is 31.1 Å². The normalized spacial score (nSPS) is 12.6. The van der Waals surface area contributed by atoms with Gasteiger partial charge in [-0.05, 0) is 96.3 Å². The second-order valence-electron chi connectivity index (χ2n) is 22.7. The number of rotatable bonds is 62. The molecule has 0 aromatic rings. The number of hydrogen-bond donors (Lipinski definition) is 0. The molecule has 1 unspecified atom stereocenters. The zero-order chi connectivity index (χ0) is 57.1. The fourth-order valence-corrected chi connectivity index (χ4v) is 9.80. The lowest BCUT2D eigenvalue weighted by Crippen LogP contribution is -2.30. The zero-order valence-corrected chi connectivity index (χ0v) is 52.4. The van der Waals surface area contributed by atoms with Crippen molar-refractivity contribution < 1.29 is 28.6 Å². The van der Waals surface area contributed by atoms with Crippen LogP contribution in [0.4, 0.5) is 0 Å². The molecule has 0 aromatic heterocycles. The van der Waals surface area contributed by atoms with Crippen LogP contribution < -0.4 is 0 Å². The van der Waals surface area contributed by atoms with Crippen molar-refractivity contribution in [2.45, 2.75) is 348 Å². The molecule has 0 bridgehead atoms. The van der Waals surface area contributed by atoms with E-state index in [4.69, 9.17) is 14.2 Å². The minimum absolute atomic E-state index is 0.0770. The lowest BCUT2D eigenvalue weighted by atomic mass is 10.0. The Kier molecular flexibility index (Phi) is 64.2. The molecule has 0 rings (SSSR count). The van der Waals surface area contributed by atoms with Gasteiger partial charge in [0.15, 0.2) is 6.10 Å². The molecule has 6 nitrogen and oxygen atoms in total. The fourth-order valence-electron chi connectivity index (χ4n) is 9.80. The summed E-state index contributed by atoms with van der Waals surface area (Å²) in [5, 5.41) is 0. The first-order chi connectivity index (χ1) is 39.0. The standard InChI is InChI=1S/C73H128O6/c1-4-7-10-13-16-19-22-25-28-31-33-34-35-36-37-38-39-40-41-43-45-48-51-54-57-60-63-66-72(75)78-69-70(68-77-71(74)65-62-59-56-53-50-47-44-30-27-24-21-18-15-12-9-6-3)79-73(76)67-64-61-58-55-52-49-46-42-32-29-26-23-20-17-14-11-8-5-2/h7,10,16,19,25,28-29,32-34,36-37,39-40,70H,4-6,8-9,11-15,17-18,20-24,26-27,30-31,35,38,41-69H2,1-3H3/b10-7-,19-16-,28-25-,32-29-,34-33-,37-36-,40-39-. The van der Waals surface area contributed by atoms with Crippen LogP contribution in [0.15, 0.2) is 85.1 Å². The van der Waals surface area contributed by atoms with Gasteiger partial charge in [0.1, 0.15) is 13.2 Å². The third-order valence-corrected chi connectivity index (χ3v) is 14.9. The summed E-state index contributed by atoms with van der Waals surface area (Å²) in [5.41, 5.74) is 0. The molecule has 0 saturated carbocycles. The molecule has 456 valence electrons. The molecule has 0 spiro atoms. The predicted octanol–water partition coefficient (Wildman–Crippen LogP) is 23.4. The molecule has 79 heavy (non-hydrogen) atoms. The highest BCUT2D eigenvalue weighted by atomic mass is 16.6. The summed E-state index contributed by atoms with van der Waals surface area (Å²) in [4.78, 5) is 38.4. The zero-order valence-electron chi connectivity index (χ0n) is 52.4. The van der Waals surface area contributed by atoms with Crippen LogP contribution in [0.5, 0.6) is 0 Å². The minimum Gasteiger partial charge on any atom is -0.462 e. The SMILES string of the molecule is CC/C=C\C/C=C\C/C=C\C/C=C\C/C=C\C/C=C\CCCCCCCCCCC(=O)OCC(COC(=O)CCCCCCCCCCCCCCCCCC)OC(=O)CCCCCCCCC/C=C\CCCCCCCCC. The first-order valence-electron chi connectivity index (χ1n) is 34.1. The van der Waals surface area contributed by atoms with Gasteiger partial charge in [-0.2, -0.15) is 0 Å². The lowest BCUT2D eigenvalue weighted by Gasteiger charge is -2.18. The smallest absolute Gasteiger partial charge is 0.306 e. The van der Waals surface area contributed by atoms with E-state index in [2.05, 4.69) is 106 Å². The Balaban J connectivity index is 4.34. The number of allylic oxidation sites excluding steroid dienone is 14. The quantitative estimate of drug-likeness (QED) is 0.0261. The topological polar surface area (TPSA) is 78.9 Å². The van der Waals surface area contributed by atoms with Gasteiger partial charge in [0.25, 0.3) is 0 Å². The average Bonchev–Trinajstić information content (AvgIpc) is 3.45. The van der Waals surface area contributed by atoms with Crippen LogP contribution in [0, 0.1) is 0 Å². The third-order valence-electron chi connectivity index (χ3n) is 14.9. The number of esters is 3. The van der Waals surface area contributed by atoms with E-state index in [0.29, 0.717) is 19.3 Å². The molecular weight excluding hydrogens is 973 g/mol. The summed E-state index contributed by atoms with van der Waals surface area (Å²) in [6, 6.07) is 0. The Morgan fingerprint density at radius 1 is 0.266 bits per heavy atom. The summed E-state index contributed by atoms with van der Waals surface area (Å²) in [6.07, 6.45) is 88.8. The summed E-state index contributed by atoms with van der Waals surface area (Å²) >= 11 is 0. The highest BCUT2D eigenvalue weighted by molar-refractivity contribution is 5.71. The van der Waals surface area contributed by atoms with Gasteiger partial charge in [-0.25, -0.2) is 0 Å². The number of carbonyl (C=O) groups is 3. The molecule has 0 fully saturated rings. The number of ether oxygens (including phenoxy) is 3. The second kappa shape index (κ2) is 67.1. The maximum absolute atomic E-state index is 12.9. The van der Waals surface area contributed by atoms with Crippen LogP contribution in [-0.4, -0.2) is 37.2 Å². The average molecular weight is 1100 g/mol. The highest BCUT2D eigenvalue weighted by Gasteiger charge is 2.19. The van der Waals surface area contributed by atoms with Crippen molar-refractivity contribution in [2.24, 2.45) is 0 Å².